The van der Waals surface area contributed by atoms with E-state index in [2.05, 4.69) is 97.4 Å². The molecule has 0 saturated heterocycles. The Morgan fingerprint density at radius 1 is 0.704 bits per heavy atom. The van der Waals surface area contributed by atoms with Gasteiger partial charge in [0.1, 0.15) is 5.82 Å². The van der Waals surface area contributed by atoms with Crippen molar-refractivity contribution in [1.29, 1.82) is 0 Å². The maximum atomic E-state index is 4.83. The predicted molar refractivity (Wildman–Crippen MR) is 114 cm³/mol. The molecule has 5 aromatic rings. The Morgan fingerprint density at radius 2 is 1.37 bits per heavy atom. The molecule has 0 fully saturated rings. The summed E-state index contributed by atoms with van der Waals surface area (Å²) < 4.78 is 2.16. The van der Waals surface area contributed by atoms with E-state index in [0.29, 0.717) is 0 Å². The van der Waals surface area contributed by atoms with E-state index in [4.69, 9.17) is 4.98 Å². The Bertz CT molecular complexity index is 1290. The number of imidazole rings is 1. The minimum atomic E-state index is 1.00. The second-order valence-corrected chi connectivity index (χ2v) is 7.07. The van der Waals surface area contributed by atoms with Gasteiger partial charge < -0.3 is 4.57 Å². The summed E-state index contributed by atoms with van der Waals surface area (Å²) in [5.41, 5.74) is 7.18. The molecule has 0 amide bonds. The summed E-state index contributed by atoms with van der Waals surface area (Å²) in [5.74, 6) is 1.00. The molecule has 0 N–H and O–H groups in total. The van der Waals surface area contributed by atoms with Gasteiger partial charge in [0.15, 0.2) is 0 Å². The number of hydrogen-bond donors (Lipinski definition) is 0. The first kappa shape index (κ1) is 15.8. The maximum absolute atomic E-state index is 4.83. The molecule has 1 heterocycles. The fraction of sp³-hybridized carbons (Fsp3) is 0.0800. The van der Waals surface area contributed by atoms with Crippen molar-refractivity contribution in [3.05, 3.63) is 90.5 Å². The van der Waals surface area contributed by atoms with Crippen LogP contribution >= 0.6 is 0 Å². The zero-order chi connectivity index (χ0) is 18.4. The summed E-state index contributed by atoms with van der Waals surface area (Å²) in [4.78, 5) is 4.83. The van der Waals surface area contributed by atoms with Crippen molar-refractivity contribution in [3.8, 4) is 22.5 Å². The van der Waals surface area contributed by atoms with Gasteiger partial charge in [-0.25, -0.2) is 4.98 Å². The van der Waals surface area contributed by atoms with Gasteiger partial charge in [-0.1, -0.05) is 60.7 Å². The van der Waals surface area contributed by atoms with Crippen molar-refractivity contribution < 1.29 is 0 Å². The number of benzene rings is 4. The van der Waals surface area contributed by atoms with Crippen molar-refractivity contribution >= 4 is 21.8 Å². The van der Waals surface area contributed by atoms with Crippen molar-refractivity contribution in [3.63, 3.8) is 0 Å². The molecule has 0 saturated carbocycles. The molecule has 1 aromatic heterocycles. The molecule has 2 heteroatoms. The van der Waals surface area contributed by atoms with Crippen LogP contribution < -0.4 is 0 Å². The number of aryl methyl sites for hydroxylation is 2. The van der Waals surface area contributed by atoms with E-state index in [1.807, 2.05) is 6.07 Å². The molecule has 4 aromatic carbocycles. The van der Waals surface area contributed by atoms with E-state index < -0.39 is 0 Å². The molecular formula is C25H20N2. The van der Waals surface area contributed by atoms with Gasteiger partial charge in [-0.2, -0.15) is 0 Å². The minimum Gasteiger partial charge on any atom is -0.327 e. The largest absolute Gasteiger partial charge is 0.327 e. The lowest BCUT2D eigenvalue weighted by molar-refractivity contribution is 0.960. The summed E-state index contributed by atoms with van der Waals surface area (Å²) in [5, 5.41) is 2.48. The fourth-order valence-corrected chi connectivity index (χ4v) is 3.85. The summed E-state index contributed by atoms with van der Waals surface area (Å²) in [6, 6.07) is 30.1. The molecule has 0 radical (unpaired) electrons. The molecule has 0 aliphatic carbocycles. The number of aromatic nitrogens is 2. The number of fused-ring (bicyclic) bond motifs is 2. The van der Waals surface area contributed by atoms with Crippen LogP contribution in [0.3, 0.4) is 0 Å². The lowest BCUT2D eigenvalue weighted by Crippen LogP contribution is -1.92. The molecule has 2 nitrogen and oxygen atoms in total. The first-order valence-electron chi connectivity index (χ1n) is 9.22. The fourth-order valence-electron chi connectivity index (χ4n) is 3.85. The molecule has 130 valence electrons. The average molecular weight is 348 g/mol. The van der Waals surface area contributed by atoms with E-state index in [9.17, 15) is 0 Å². The van der Waals surface area contributed by atoms with Gasteiger partial charge in [0, 0.05) is 12.6 Å². The highest BCUT2D eigenvalue weighted by Crippen LogP contribution is 2.30. The Labute approximate surface area is 158 Å². The third-order valence-corrected chi connectivity index (χ3v) is 5.34. The molecule has 0 aliphatic heterocycles. The van der Waals surface area contributed by atoms with Crippen LogP contribution in [0.2, 0.25) is 0 Å². The summed E-state index contributed by atoms with van der Waals surface area (Å²) in [6.07, 6.45) is 0. The van der Waals surface area contributed by atoms with E-state index in [1.54, 1.807) is 0 Å². The normalized spacial score (nSPS) is 11.3. The second kappa shape index (κ2) is 6.10. The third kappa shape index (κ3) is 2.61. The Kier molecular flexibility index (Phi) is 3.58. The molecule has 0 spiro atoms. The zero-order valence-electron chi connectivity index (χ0n) is 15.5. The van der Waals surface area contributed by atoms with Crippen LogP contribution in [0.1, 0.15) is 5.56 Å². The highest BCUT2D eigenvalue weighted by Gasteiger charge is 2.10. The Morgan fingerprint density at radius 3 is 2.15 bits per heavy atom. The first-order chi connectivity index (χ1) is 13.2. The molecule has 0 bridgehead atoms. The lowest BCUT2D eigenvalue weighted by Gasteiger charge is -2.09. The highest BCUT2D eigenvalue weighted by atomic mass is 15.1. The van der Waals surface area contributed by atoms with Crippen LogP contribution in [0.4, 0.5) is 0 Å². The van der Waals surface area contributed by atoms with Crippen LogP contribution in [0, 0.1) is 6.92 Å². The van der Waals surface area contributed by atoms with Gasteiger partial charge in [0.25, 0.3) is 0 Å². The van der Waals surface area contributed by atoms with Gasteiger partial charge in [-0.05, 0) is 58.7 Å². The SMILES string of the molecule is Cc1ccccc1-c1ccc2cc(-c3nc4ccccc4n3C)ccc2c1. The van der Waals surface area contributed by atoms with E-state index in [1.165, 1.54) is 27.5 Å². The van der Waals surface area contributed by atoms with E-state index in [0.717, 1.165) is 22.4 Å². The van der Waals surface area contributed by atoms with Crippen LogP contribution in [0.5, 0.6) is 0 Å². The molecule has 0 atom stereocenters. The average Bonchev–Trinajstić information content (AvgIpc) is 3.04. The molecule has 0 unspecified atom stereocenters. The lowest BCUT2D eigenvalue weighted by atomic mass is 9.97. The highest BCUT2D eigenvalue weighted by molar-refractivity contribution is 5.91. The smallest absolute Gasteiger partial charge is 0.140 e. The predicted octanol–water partition coefficient (Wildman–Crippen LogP) is 6.37. The van der Waals surface area contributed by atoms with Crippen LogP contribution in [-0.2, 0) is 7.05 Å². The molecular weight excluding hydrogens is 328 g/mol. The van der Waals surface area contributed by atoms with E-state index in [-0.39, 0.29) is 0 Å². The topological polar surface area (TPSA) is 17.8 Å². The van der Waals surface area contributed by atoms with E-state index >= 15 is 0 Å². The van der Waals surface area contributed by atoms with Gasteiger partial charge in [-0.3, -0.25) is 0 Å². The van der Waals surface area contributed by atoms with Gasteiger partial charge in [-0.15, -0.1) is 0 Å². The molecule has 5 rings (SSSR count). The first-order valence-corrected chi connectivity index (χ1v) is 9.22. The van der Waals surface area contributed by atoms with Crippen LogP contribution in [0.25, 0.3) is 44.3 Å². The second-order valence-electron chi connectivity index (χ2n) is 7.07. The Hall–Kier alpha value is -3.39. The number of rotatable bonds is 2. The van der Waals surface area contributed by atoms with Crippen LogP contribution in [-0.4, -0.2) is 9.55 Å². The molecule has 0 aliphatic rings. The Balaban J connectivity index is 1.63. The number of nitrogens with zero attached hydrogens (tertiary/aromatic N) is 2. The quantitative estimate of drug-likeness (QED) is 0.362. The van der Waals surface area contributed by atoms with Gasteiger partial charge in [0.05, 0.1) is 11.0 Å². The van der Waals surface area contributed by atoms with Crippen LogP contribution in [0.15, 0.2) is 84.9 Å². The number of para-hydroxylation sites is 2. The van der Waals surface area contributed by atoms with Gasteiger partial charge in [0.2, 0.25) is 0 Å². The van der Waals surface area contributed by atoms with Crippen molar-refractivity contribution in [2.45, 2.75) is 6.92 Å². The minimum absolute atomic E-state index is 1.00. The van der Waals surface area contributed by atoms with Crippen molar-refractivity contribution in [2.24, 2.45) is 7.05 Å². The van der Waals surface area contributed by atoms with Gasteiger partial charge >= 0.3 is 0 Å². The molecule has 27 heavy (non-hydrogen) atoms. The standard InChI is InChI=1S/C25H20N2/c1-17-7-3-4-8-22(17)20-13-11-19-16-21(14-12-18(19)15-20)25-26-23-9-5-6-10-24(23)27(25)2/h3-16H,1-2H3. The summed E-state index contributed by atoms with van der Waals surface area (Å²) in [6.45, 7) is 2.16. The number of hydrogen-bond acceptors (Lipinski definition) is 1. The third-order valence-electron chi connectivity index (χ3n) is 5.34. The zero-order valence-corrected chi connectivity index (χ0v) is 15.5. The monoisotopic (exact) mass is 348 g/mol. The summed E-state index contributed by atoms with van der Waals surface area (Å²) in [7, 11) is 2.08. The van der Waals surface area contributed by atoms with Crippen molar-refractivity contribution in [2.75, 3.05) is 0 Å². The summed E-state index contributed by atoms with van der Waals surface area (Å²) >= 11 is 0. The maximum Gasteiger partial charge on any atom is 0.140 e. The van der Waals surface area contributed by atoms with Crippen molar-refractivity contribution in [1.82, 2.24) is 9.55 Å².